The fraction of sp³-hybridized carbons (Fsp3) is 0.500. The number of hydrogen-bond donors (Lipinski definition) is 0. The average molecular weight is 265 g/mol. The van der Waals surface area contributed by atoms with Crippen LogP contribution in [0.15, 0.2) is 12.1 Å². The van der Waals surface area contributed by atoms with Crippen molar-refractivity contribution in [2.75, 3.05) is 32.4 Å². The van der Waals surface area contributed by atoms with Gasteiger partial charge >= 0.3 is 5.97 Å². The van der Waals surface area contributed by atoms with Crippen LogP contribution in [0, 0.1) is 6.92 Å². The number of hydrogen-bond acceptors (Lipinski definition) is 5. The van der Waals surface area contributed by atoms with Crippen molar-refractivity contribution in [1.29, 1.82) is 0 Å². The van der Waals surface area contributed by atoms with E-state index in [1.165, 1.54) is 7.11 Å². The number of ether oxygens (including phenoxy) is 3. The minimum absolute atomic E-state index is 0.171. The van der Waals surface area contributed by atoms with Crippen LogP contribution in [0.4, 0.5) is 5.69 Å². The zero-order valence-electron chi connectivity index (χ0n) is 11.6. The fourth-order valence-electron chi connectivity index (χ4n) is 2.13. The molecule has 2 rings (SSSR count). The van der Waals surface area contributed by atoms with E-state index >= 15 is 0 Å². The molecule has 0 fully saturated rings. The smallest absolute Gasteiger partial charge is 0.305 e. The Kier molecular flexibility index (Phi) is 4.14. The fourth-order valence-corrected chi connectivity index (χ4v) is 2.13. The first-order chi connectivity index (χ1) is 9.11. The summed E-state index contributed by atoms with van der Waals surface area (Å²) in [6.45, 7) is 3.11. The largest absolute Gasteiger partial charge is 0.469 e. The monoisotopic (exact) mass is 265 g/mol. The van der Waals surface area contributed by atoms with Gasteiger partial charge in [-0.1, -0.05) is 0 Å². The van der Waals surface area contributed by atoms with E-state index in [4.69, 9.17) is 9.47 Å². The summed E-state index contributed by atoms with van der Waals surface area (Å²) in [5.41, 5.74) is 2.22. The molecular formula is C14H19NO4. The van der Waals surface area contributed by atoms with E-state index in [0.717, 1.165) is 35.7 Å². The lowest BCUT2D eigenvalue weighted by atomic mass is 10.1. The zero-order valence-corrected chi connectivity index (χ0v) is 11.6. The lowest BCUT2D eigenvalue weighted by molar-refractivity contribution is -0.140. The predicted octanol–water partition coefficient (Wildman–Crippen LogP) is 2.11. The normalized spacial score (nSPS) is 12.4. The molecule has 1 aromatic rings. The SMILES string of the molecule is COC(=O)CCCN(C)c1cc2c(cc1C)OCO2. The Morgan fingerprint density at radius 2 is 2.05 bits per heavy atom. The minimum atomic E-state index is -0.171. The Labute approximate surface area is 113 Å². The average Bonchev–Trinajstić information content (AvgIpc) is 2.84. The van der Waals surface area contributed by atoms with Gasteiger partial charge in [-0.05, 0) is 25.0 Å². The van der Waals surface area contributed by atoms with Crippen molar-refractivity contribution in [3.8, 4) is 11.5 Å². The number of rotatable bonds is 5. The first-order valence-corrected chi connectivity index (χ1v) is 6.30. The van der Waals surface area contributed by atoms with Crippen LogP contribution in [0.5, 0.6) is 11.5 Å². The maximum absolute atomic E-state index is 11.1. The highest BCUT2D eigenvalue weighted by molar-refractivity contribution is 5.69. The lowest BCUT2D eigenvalue weighted by Gasteiger charge is -2.21. The number of carbonyl (C=O) groups excluding carboxylic acids is 1. The Morgan fingerprint density at radius 3 is 2.74 bits per heavy atom. The topological polar surface area (TPSA) is 48.0 Å². The number of aryl methyl sites for hydroxylation is 1. The predicted molar refractivity (Wildman–Crippen MR) is 71.8 cm³/mol. The number of methoxy groups -OCH3 is 1. The highest BCUT2D eigenvalue weighted by atomic mass is 16.7. The van der Waals surface area contributed by atoms with Crippen LogP contribution in [-0.2, 0) is 9.53 Å². The minimum Gasteiger partial charge on any atom is -0.469 e. The number of benzene rings is 1. The van der Waals surface area contributed by atoms with Gasteiger partial charge < -0.3 is 19.1 Å². The van der Waals surface area contributed by atoms with E-state index in [1.54, 1.807) is 0 Å². The molecule has 0 amide bonds. The van der Waals surface area contributed by atoms with Crippen LogP contribution >= 0.6 is 0 Å². The highest BCUT2D eigenvalue weighted by Crippen LogP contribution is 2.37. The molecule has 0 bridgehead atoms. The maximum Gasteiger partial charge on any atom is 0.305 e. The molecule has 0 saturated heterocycles. The molecule has 1 aliphatic rings. The molecular weight excluding hydrogens is 246 g/mol. The molecule has 0 aliphatic carbocycles. The number of nitrogens with zero attached hydrogens (tertiary/aromatic N) is 1. The summed E-state index contributed by atoms with van der Waals surface area (Å²) in [6.07, 6.45) is 1.20. The first kappa shape index (κ1) is 13.5. The molecule has 0 N–H and O–H groups in total. The Bertz CT molecular complexity index is 473. The van der Waals surface area contributed by atoms with Crippen molar-refractivity contribution in [2.24, 2.45) is 0 Å². The molecule has 1 aromatic carbocycles. The molecule has 0 unspecified atom stereocenters. The van der Waals surface area contributed by atoms with Gasteiger partial charge in [0.05, 0.1) is 7.11 Å². The summed E-state index contributed by atoms with van der Waals surface area (Å²) in [7, 11) is 3.41. The second-order valence-corrected chi connectivity index (χ2v) is 4.59. The quantitative estimate of drug-likeness (QED) is 0.763. The van der Waals surface area contributed by atoms with Gasteiger partial charge in [0, 0.05) is 31.8 Å². The van der Waals surface area contributed by atoms with E-state index in [1.807, 2.05) is 26.1 Å². The molecule has 5 heteroatoms. The van der Waals surface area contributed by atoms with E-state index in [9.17, 15) is 4.79 Å². The third kappa shape index (κ3) is 3.10. The molecule has 0 radical (unpaired) electrons. The van der Waals surface area contributed by atoms with Crippen LogP contribution in [0.1, 0.15) is 18.4 Å². The third-order valence-electron chi connectivity index (χ3n) is 3.20. The van der Waals surface area contributed by atoms with Gasteiger partial charge in [-0.25, -0.2) is 0 Å². The Balaban J connectivity index is 1.99. The Hall–Kier alpha value is -1.91. The molecule has 5 nitrogen and oxygen atoms in total. The van der Waals surface area contributed by atoms with Gasteiger partial charge in [-0.15, -0.1) is 0 Å². The molecule has 1 aliphatic heterocycles. The van der Waals surface area contributed by atoms with Gasteiger partial charge in [0.15, 0.2) is 11.5 Å². The van der Waals surface area contributed by atoms with Gasteiger partial charge in [-0.3, -0.25) is 4.79 Å². The van der Waals surface area contributed by atoms with Gasteiger partial charge in [-0.2, -0.15) is 0 Å². The Morgan fingerprint density at radius 1 is 1.37 bits per heavy atom. The molecule has 0 aromatic heterocycles. The van der Waals surface area contributed by atoms with Crippen molar-refractivity contribution in [1.82, 2.24) is 0 Å². The van der Waals surface area contributed by atoms with Crippen molar-refractivity contribution in [3.05, 3.63) is 17.7 Å². The van der Waals surface area contributed by atoms with E-state index in [0.29, 0.717) is 6.42 Å². The molecule has 19 heavy (non-hydrogen) atoms. The molecule has 0 saturated carbocycles. The summed E-state index contributed by atoms with van der Waals surface area (Å²) in [5, 5.41) is 0. The summed E-state index contributed by atoms with van der Waals surface area (Å²) in [4.78, 5) is 13.2. The summed E-state index contributed by atoms with van der Waals surface area (Å²) < 4.78 is 15.3. The molecule has 0 spiro atoms. The summed E-state index contributed by atoms with van der Waals surface area (Å²) in [5.74, 6) is 1.40. The first-order valence-electron chi connectivity index (χ1n) is 6.30. The number of fused-ring (bicyclic) bond motifs is 1. The molecule has 0 atom stereocenters. The van der Waals surface area contributed by atoms with Gasteiger partial charge in [0.25, 0.3) is 0 Å². The van der Waals surface area contributed by atoms with Crippen molar-refractivity contribution in [2.45, 2.75) is 19.8 Å². The second-order valence-electron chi connectivity index (χ2n) is 4.59. The molecule has 104 valence electrons. The lowest BCUT2D eigenvalue weighted by Crippen LogP contribution is -2.20. The van der Waals surface area contributed by atoms with Crippen molar-refractivity contribution in [3.63, 3.8) is 0 Å². The van der Waals surface area contributed by atoms with E-state index in [-0.39, 0.29) is 12.8 Å². The van der Waals surface area contributed by atoms with Gasteiger partial charge in [0.2, 0.25) is 6.79 Å². The van der Waals surface area contributed by atoms with Gasteiger partial charge in [0.1, 0.15) is 0 Å². The van der Waals surface area contributed by atoms with Crippen LogP contribution < -0.4 is 14.4 Å². The number of anilines is 1. The van der Waals surface area contributed by atoms with E-state index < -0.39 is 0 Å². The second kappa shape index (κ2) is 5.82. The highest BCUT2D eigenvalue weighted by Gasteiger charge is 2.17. The maximum atomic E-state index is 11.1. The van der Waals surface area contributed by atoms with Crippen molar-refractivity contribution < 1.29 is 19.0 Å². The summed E-state index contributed by atoms with van der Waals surface area (Å²) >= 11 is 0. The van der Waals surface area contributed by atoms with E-state index in [2.05, 4.69) is 9.64 Å². The van der Waals surface area contributed by atoms with Crippen LogP contribution in [-0.4, -0.2) is 33.5 Å². The van der Waals surface area contributed by atoms with Crippen LogP contribution in [0.2, 0.25) is 0 Å². The zero-order chi connectivity index (χ0) is 13.8. The van der Waals surface area contributed by atoms with Crippen molar-refractivity contribution >= 4 is 11.7 Å². The number of esters is 1. The number of carbonyl (C=O) groups is 1. The molecule has 1 heterocycles. The summed E-state index contributed by atoms with van der Waals surface area (Å²) in [6, 6.07) is 3.96. The van der Waals surface area contributed by atoms with Crippen LogP contribution in [0.3, 0.4) is 0 Å². The standard InChI is InChI=1S/C14H19NO4/c1-10-7-12-13(19-9-18-12)8-11(10)15(2)6-4-5-14(16)17-3/h7-8H,4-6,9H2,1-3H3. The van der Waals surface area contributed by atoms with Crippen LogP contribution in [0.25, 0.3) is 0 Å². The third-order valence-corrected chi connectivity index (χ3v) is 3.20.